The molecule has 0 aliphatic carbocycles. The van der Waals surface area contributed by atoms with Crippen LogP contribution in [0.15, 0.2) is 24.3 Å². The summed E-state index contributed by atoms with van der Waals surface area (Å²) in [5, 5.41) is 2.68. The maximum atomic E-state index is 12.6. The summed E-state index contributed by atoms with van der Waals surface area (Å²) in [5.74, 6) is -0.507. The SMILES string of the molecule is C[C@@H](NC(=O)CN)c1ccc(F)cc1. The molecule has 0 saturated carbocycles. The molecule has 0 spiro atoms. The molecule has 76 valence electrons. The molecule has 0 unspecified atom stereocenters. The second-order valence-electron chi connectivity index (χ2n) is 3.04. The predicted molar refractivity (Wildman–Crippen MR) is 52.0 cm³/mol. The molecule has 3 nitrogen and oxygen atoms in total. The molecular formula is C10H13FN2O. The zero-order chi connectivity index (χ0) is 10.6. The van der Waals surface area contributed by atoms with Crippen LogP contribution in [0.25, 0.3) is 0 Å². The Bertz CT molecular complexity index is 310. The Morgan fingerprint density at radius 1 is 1.50 bits per heavy atom. The molecular weight excluding hydrogens is 183 g/mol. The molecule has 0 aromatic heterocycles. The maximum Gasteiger partial charge on any atom is 0.234 e. The quantitative estimate of drug-likeness (QED) is 0.756. The van der Waals surface area contributed by atoms with Crippen LogP contribution in [-0.2, 0) is 4.79 Å². The summed E-state index contributed by atoms with van der Waals surface area (Å²) < 4.78 is 12.6. The van der Waals surface area contributed by atoms with E-state index in [1.165, 1.54) is 12.1 Å². The number of halogens is 1. The van der Waals surface area contributed by atoms with Crippen molar-refractivity contribution in [2.75, 3.05) is 6.54 Å². The van der Waals surface area contributed by atoms with E-state index in [1.54, 1.807) is 12.1 Å². The summed E-state index contributed by atoms with van der Waals surface area (Å²) >= 11 is 0. The van der Waals surface area contributed by atoms with Crippen molar-refractivity contribution >= 4 is 5.91 Å². The van der Waals surface area contributed by atoms with Crippen LogP contribution in [-0.4, -0.2) is 12.5 Å². The average Bonchev–Trinajstić information content (AvgIpc) is 2.18. The minimum absolute atomic E-state index is 0.0362. The first kappa shape index (κ1) is 10.7. The number of amides is 1. The first-order chi connectivity index (χ1) is 6.63. The lowest BCUT2D eigenvalue weighted by Gasteiger charge is -2.13. The zero-order valence-electron chi connectivity index (χ0n) is 7.96. The molecule has 0 aliphatic heterocycles. The van der Waals surface area contributed by atoms with Crippen LogP contribution < -0.4 is 11.1 Å². The number of nitrogens with two attached hydrogens (primary N) is 1. The highest BCUT2D eigenvalue weighted by atomic mass is 19.1. The van der Waals surface area contributed by atoms with Gasteiger partial charge in [-0.25, -0.2) is 4.39 Å². The van der Waals surface area contributed by atoms with E-state index < -0.39 is 0 Å². The number of rotatable bonds is 3. The maximum absolute atomic E-state index is 12.6. The number of carbonyl (C=O) groups excluding carboxylic acids is 1. The van der Waals surface area contributed by atoms with Crippen molar-refractivity contribution in [1.82, 2.24) is 5.32 Å². The number of benzene rings is 1. The van der Waals surface area contributed by atoms with Gasteiger partial charge >= 0.3 is 0 Å². The normalized spacial score (nSPS) is 12.2. The van der Waals surface area contributed by atoms with Gasteiger partial charge in [0.15, 0.2) is 0 Å². The van der Waals surface area contributed by atoms with E-state index >= 15 is 0 Å². The Hall–Kier alpha value is -1.42. The summed E-state index contributed by atoms with van der Waals surface area (Å²) in [5.41, 5.74) is 6.01. The van der Waals surface area contributed by atoms with Gasteiger partial charge < -0.3 is 11.1 Å². The van der Waals surface area contributed by atoms with Gasteiger partial charge in [-0.2, -0.15) is 0 Å². The van der Waals surface area contributed by atoms with Crippen molar-refractivity contribution in [3.63, 3.8) is 0 Å². The number of hydrogen-bond donors (Lipinski definition) is 2. The van der Waals surface area contributed by atoms with Gasteiger partial charge in [0.2, 0.25) is 5.91 Å². The Morgan fingerprint density at radius 3 is 2.57 bits per heavy atom. The van der Waals surface area contributed by atoms with Crippen LogP contribution >= 0.6 is 0 Å². The molecule has 3 N–H and O–H groups in total. The number of hydrogen-bond acceptors (Lipinski definition) is 2. The molecule has 14 heavy (non-hydrogen) atoms. The third-order valence-corrected chi connectivity index (χ3v) is 1.93. The van der Waals surface area contributed by atoms with Gasteiger partial charge in [0.1, 0.15) is 5.82 Å². The molecule has 1 aromatic rings. The summed E-state index contributed by atoms with van der Waals surface area (Å²) in [4.78, 5) is 11.0. The van der Waals surface area contributed by atoms with Crippen LogP contribution in [0.3, 0.4) is 0 Å². The van der Waals surface area contributed by atoms with Gasteiger partial charge in [0.05, 0.1) is 12.6 Å². The molecule has 1 atom stereocenters. The molecule has 1 amide bonds. The fourth-order valence-corrected chi connectivity index (χ4v) is 1.14. The van der Waals surface area contributed by atoms with E-state index in [0.717, 1.165) is 5.56 Å². The summed E-state index contributed by atoms with van der Waals surface area (Å²) in [6.45, 7) is 1.78. The van der Waals surface area contributed by atoms with Gasteiger partial charge in [-0.05, 0) is 24.6 Å². The second kappa shape index (κ2) is 4.72. The first-order valence-corrected chi connectivity index (χ1v) is 4.38. The molecule has 1 aromatic carbocycles. The largest absolute Gasteiger partial charge is 0.348 e. The van der Waals surface area contributed by atoms with E-state index in [1.807, 2.05) is 6.92 Å². The molecule has 0 fully saturated rings. The molecule has 0 aliphatic rings. The van der Waals surface area contributed by atoms with Crippen molar-refractivity contribution in [3.05, 3.63) is 35.6 Å². The van der Waals surface area contributed by atoms with E-state index in [9.17, 15) is 9.18 Å². The van der Waals surface area contributed by atoms with Crippen molar-refractivity contribution in [2.24, 2.45) is 5.73 Å². The Morgan fingerprint density at radius 2 is 2.07 bits per heavy atom. The van der Waals surface area contributed by atoms with Crippen LogP contribution in [0.4, 0.5) is 4.39 Å². The van der Waals surface area contributed by atoms with Gasteiger partial charge in [-0.3, -0.25) is 4.79 Å². The third-order valence-electron chi connectivity index (χ3n) is 1.93. The highest BCUT2D eigenvalue weighted by Crippen LogP contribution is 2.12. The van der Waals surface area contributed by atoms with Crippen LogP contribution in [0.1, 0.15) is 18.5 Å². The summed E-state index contributed by atoms with van der Waals surface area (Å²) in [7, 11) is 0. The minimum Gasteiger partial charge on any atom is -0.348 e. The molecule has 0 saturated heterocycles. The van der Waals surface area contributed by atoms with Crippen LogP contribution in [0.5, 0.6) is 0 Å². The highest BCUT2D eigenvalue weighted by Gasteiger charge is 2.07. The summed E-state index contributed by atoms with van der Waals surface area (Å²) in [6, 6.07) is 5.85. The number of carbonyl (C=O) groups is 1. The standard InChI is InChI=1S/C10H13FN2O/c1-7(13-10(14)6-12)8-2-4-9(11)5-3-8/h2-5,7H,6,12H2,1H3,(H,13,14)/t7-/m1/s1. The fraction of sp³-hybridized carbons (Fsp3) is 0.300. The fourth-order valence-electron chi connectivity index (χ4n) is 1.14. The lowest BCUT2D eigenvalue weighted by Crippen LogP contribution is -2.32. The molecule has 4 heteroatoms. The van der Waals surface area contributed by atoms with E-state index in [0.29, 0.717) is 0 Å². The van der Waals surface area contributed by atoms with Crippen LogP contribution in [0.2, 0.25) is 0 Å². The molecule has 0 heterocycles. The van der Waals surface area contributed by atoms with E-state index in [4.69, 9.17) is 5.73 Å². The third kappa shape index (κ3) is 2.81. The Balaban J connectivity index is 2.65. The van der Waals surface area contributed by atoms with Gasteiger partial charge in [-0.1, -0.05) is 12.1 Å². The van der Waals surface area contributed by atoms with Gasteiger partial charge in [-0.15, -0.1) is 0 Å². The van der Waals surface area contributed by atoms with E-state index in [-0.39, 0.29) is 24.3 Å². The lowest BCUT2D eigenvalue weighted by molar-refractivity contribution is -0.120. The topological polar surface area (TPSA) is 55.1 Å². The van der Waals surface area contributed by atoms with Crippen molar-refractivity contribution in [3.8, 4) is 0 Å². The molecule has 0 bridgehead atoms. The zero-order valence-corrected chi connectivity index (χ0v) is 7.96. The molecule has 0 radical (unpaired) electrons. The summed E-state index contributed by atoms with van der Waals surface area (Å²) in [6.07, 6.45) is 0. The monoisotopic (exact) mass is 196 g/mol. The van der Waals surface area contributed by atoms with Crippen molar-refractivity contribution in [2.45, 2.75) is 13.0 Å². The predicted octanol–water partition coefficient (Wildman–Crippen LogP) is 0.962. The lowest BCUT2D eigenvalue weighted by atomic mass is 10.1. The second-order valence-corrected chi connectivity index (χ2v) is 3.04. The van der Waals surface area contributed by atoms with Crippen molar-refractivity contribution in [1.29, 1.82) is 0 Å². The van der Waals surface area contributed by atoms with Gasteiger partial charge in [0.25, 0.3) is 0 Å². The average molecular weight is 196 g/mol. The minimum atomic E-state index is -0.286. The Kier molecular flexibility index (Phi) is 3.59. The first-order valence-electron chi connectivity index (χ1n) is 4.38. The van der Waals surface area contributed by atoms with Gasteiger partial charge in [0, 0.05) is 0 Å². The van der Waals surface area contributed by atoms with Crippen LogP contribution in [0, 0.1) is 5.82 Å². The van der Waals surface area contributed by atoms with E-state index in [2.05, 4.69) is 5.32 Å². The number of nitrogens with one attached hydrogen (secondary N) is 1. The highest BCUT2D eigenvalue weighted by molar-refractivity contribution is 5.78. The Labute approximate surface area is 82.1 Å². The smallest absolute Gasteiger partial charge is 0.234 e. The van der Waals surface area contributed by atoms with Crippen molar-refractivity contribution < 1.29 is 9.18 Å². The molecule has 1 rings (SSSR count).